The Morgan fingerprint density at radius 2 is 2.28 bits per heavy atom. The number of carbonyl (C=O) groups is 1. The smallest absolute Gasteiger partial charge is 0.410 e. The van der Waals surface area contributed by atoms with Crippen molar-refractivity contribution >= 4 is 6.09 Å². The molecule has 0 fully saturated rings. The molecule has 6 heteroatoms. The van der Waals surface area contributed by atoms with Crippen molar-refractivity contribution in [2.24, 2.45) is 0 Å². The molecule has 18 heavy (non-hydrogen) atoms. The highest BCUT2D eigenvalue weighted by molar-refractivity contribution is 5.68. The van der Waals surface area contributed by atoms with Crippen LogP contribution < -0.4 is 0 Å². The Hall–Kier alpha value is -2.03. The molecule has 0 atom stereocenters. The summed E-state index contributed by atoms with van der Waals surface area (Å²) in [7, 11) is 0. The third-order valence-electron chi connectivity index (χ3n) is 2.69. The lowest BCUT2D eigenvalue weighted by Gasteiger charge is -2.29. The molecule has 0 spiro atoms. The zero-order valence-electron chi connectivity index (χ0n) is 10.8. The molecule has 0 radical (unpaired) electrons. The molecule has 0 unspecified atom stereocenters. The van der Waals surface area contributed by atoms with E-state index in [0.29, 0.717) is 25.2 Å². The maximum Gasteiger partial charge on any atom is 0.410 e. The average molecular weight is 248 g/mol. The first-order valence-electron chi connectivity index (χ1n) is 5.85. The first-order valence-corrected chi connectivity index (χ1v) is 5.85. The van der Waals surface area contributed by atoms with Crippen molar-refractivity contribution in [1.29, 1.82) is 5.26 Å². The van der Waals surface area contributed by atoms with Gasteiger partial charge in [-0.05, 0) is 27.2 Å². The van der Waals surface area contributed by atoms with Gasteiger partial charge in [0.15, 0.2) is 5.69 Å². The normalized spacial score (nSPS) is 14.9. The highest BCUT2D eigenvalue weighted by Gasteiger charge is 2.28. The number of nitriles is 1. The van der Waals surface area contributed by atoms with Crippen LogP contribution in [-0.2, 0) is 17.7 Å². The third-order valence-corrected chi connectivity index (χ3v) is 2.69. The molecule has 1 aromatic heterocycles. The number of H-pyrrole nitrogens is 1. The summed E-state index contributed by atoms with van der Waals surface area (Å²) in [4.78, 5) is 13.5. The van der Waals surface area contributed by atoms with E-state index in [1.54, 1.807) is 4.90 Å². The van der Waals surface area contributed by atoms with Gasteiger partial charge in [-0.1, -0.05) is 0 Å². The molecule has 6 nitrogen and oxygen atoms in total. The highest BCUT2D eigenvalue weighted by atomic mass is 16.6. The van der Waals surface area contributed by atoms with E-state index in [9.17, 15) is 4.79 Å². The van der Waals surface area contributed by atoms with Crippen molar-refractivity contribution in [1.82, 2.24) is 15.1 Å². The Morgan fingerprint density at radius 3 is 2.89 bits per heavy atom. The van der Waals surface area contributed by atoms with Gasteiger partial charge < -0.3 is 9.64 Å². The fourth-order valence-electron chi connectivity index (χ4n) is 1.89. The number of nitrogens with zero attached hydrogens (tertiary/aromatic N) is 3. The fourth-order valence-corrected chi connectivity index (χ4v) is 1.89. The average Bonchev–Trinajstić information content (AvgIpc) is 2.68. The van der Waals surface area contributed by atoms with Crippen LogP contribution in [0.1, 0.15) is 37.7 Å². The molecule has 1 N–H and O–H groups in total. The Bertz CT molecular complexity index is 507. The van der Waals surface area contributed by atoms with Crippen LogP contribution in [-0.4, -0.2) is 33.3 Å². The number of rotatable bonds is 0. The maximum absolute atomic E-state index is 11.9. The summed E-state index contributed by atoms with van der Waals surface area (Å²) in [5, 5.41) is 15.6. The van der Waals surface area contributed by atoms with E-state index in [4.69, 9.17) is 10.00 Å². The first kappa shape index (κ1) is 12.4. The Labute approximate surface area is 106 Å². The number of fused-ring (bicyclic) bond motifs is 1. The van der Waals surface area contributed by atoms with Gasteiger partial charge in [0.1, 0.15) is 11.7 Å². The van der Waals surface area contributed by atoms with E-state index in [-0.39, 0.29) is 6.09 Å². The molecule has 2 heterocycles. The largest absolute Gasteiger partial charge is 0.444 e. The van der Waals surface area contributed by atoms with E-state index in [2.05, 4.69) is 10.2 Å². The van der Waals surface area contributed by atoms with Gasteiger partial charge in [0.05, 0.1) is 12.2 Å². The summed E-state index contributed by atoms with van der Waals surface area (Å²) in [5.41, 5.74) is 1.66. The van der Waals surface area contributed by atoms with E-state index >= 15 is 0 Å². The number of hydrogen-bond acceptors (Lipinski definition) is 4. The lowest BCUT2D eigenvalue weighted by atomic mass is 10.1. The fraction of sp³-hybridized carbons (Fsp3) is 0.583. The zero-order valence-corrected chi connectivity index (χ0v) is 10.8. The van der Waals surface area contributed by atoms with Gasteiger partial charge >= 0.3 is 6.09 Å². The van der Waals surface area contributed by atoms with Gasteiger partial charge in [-0.3, -0.25) is 5.10 Å². The van der Waals surface area contributed by atoms with Crippen LogP contribution in [0.25, 0.3) is 0 Å². The van der Waals surface area contributed by atoms with Crippen molar-refractivity contribution in [3.05, 3.63) is 17.0 Å². The Balaban J connectivity index is 2.09. The van der Waals surface area contributed by atoms with Crippen molar-refractivity contribution in [3.8, 4) is 6.07 Å². The molecule has 0 saturated heterocycles. The van der Waals surface area contributed by atoms with E-state index in [1.807, 2.05) is 26.8 Å². The molecule has 0 saturated carbocycles. The molecule has 96 valence electrons. The van der Waals surface area contributed by atoms with Crippen LogP contribution >= 0.6 is 0 Å². The monoisotopic (exact) mass is 248 g/mol. The maximum atomic E-state index is 11.9. The van der Waals surface area contributed by atoms with E-state index in [0.717, 1.165) is 11.3 Å². The predicted molar refractivity (Wildman–Crippen MR) is 63.7 cm³/mol. The van der Waals surface area contributed by atoms with Crippen LogP contribution in [0, 0.1) is 11.3 Å². The van der Waals surface area contributed by atoms with E-state index in [1.165, 1.54) is 0 Å². The van der Waals surface area contributed by atoms with Crippen LogP contribution in [0.5, 0.6) is 0 Å². The van der Waals surface area contributed by atoms with Crippen molar-refractivity contribution in [3.63, 3.8) is 0 Å². The predicted octanol–water partition coefficient (Wildman–Crippen LogP) is 1.57. The summed E-state index contributed by atoms with van der Waals surface area (Å²) in [5.74, 6) is 0. The first-order chi connectivity index (χ1) is 8.40. The van der Waals surface area contributed by atoms with Gasteiger partial charge in [-0.15, -0.1) is 0 Å². The molecule has 1 aliphatic rings. The molecule has 0 aliphatic carbocycles. The van der Waals surface area contributed by atoms with Crippen molar-refractivity contribution in [2.45, 2.75) is 39.3 Å². The summed E-state index contributed by atoms with van der Waals surface area (Å²) in [6, 6.07) is 2.04. The highest BCUT2D eigenvalue weighted by Crippen LogP contribution is 2.21. The topological polar surface area (TPSA) is 82.0 Å². The lowest BCUT2D eigenvalue weighted by molar-refractivity contribution is 0.0221. The molecule has 1 amide bonds. The third kappa shape index (κ3) is 2.45. The summed E-state index contributed by atoms with van der Waals surface area (Å²) >= 11 is 0. The number of nitrogens with one attached hydrogen (secondary N) is 1. The molecular formula is C12H16N4O2. The number of aromatic nitrogens is 2. The molecule has 1 aromatic rings. The SMILES string of the molecule is CC(C)(C)OC(=O)N1CCc2c(C#N)n[nH]c2C1. The number of amides is 1. The van der Waals surface area contributed by atoms with Gasteiger partial charge in [0.2, 0.25) is 0 Å². The van der Waals surface area contributed by atoms with Gasteiger partial charge in [-0.25, -0.2) is 4.79 Å². The Morgan fingerprint density at radius 1 is 1.56 bits per heavy atom. The number of hydrogen-bond donors (Lipinski definition) is 1. The van der Waals surface area contributed by atoms with Crippen molar-refractivity contribution < 1.29 is 9.53 Å². The summed E-state index contributed by atoms with van der Waals surface area (Å²) in [6.07, 6.45) is 0.301. The van der Waals surface area contributed by atoms with Gasteiger partial charge in [0.25, 0.3) is 0 Å². The Kier molecular flexibility index (Phi) is 2.99. The van der Waals surface area contributed by atoms with E-state index < -0.39 is 5.60 Å². The summed E-state index contributed by atoms with van der Waals surface area (Å²) < 4.78 is 5.31. The number of ether oxygens (including phenoxy) is 1. The standard InChI is InChI=1S/C12H16N4O2/c1-12(2,3)18-11(17)16-5-4-8-9(6-13)14-15-10(8)7-16/h4-5,7H2,1-3H3,(H,14,15). The second-order valence-corrected chi connectivity index (χ2v) is 5.29. The zero-order chi connectivity index (χ0) is 13.3. The number of carbonyl (C=O) groups excluding carboxylic acids is 1. The summed E-state index contributed by atoms with van der Waals surface area (Å²) in [6.45, 7) is 6.48. The minimum Gasteiger partial charge on any atom is -0.444 e. The van der Waals surface area contributed by atoms with Gasteiger partial charge in [0, 0.05) is 12.1 Å². The van der Waals surface area contributed by atoms with Crippen LogP contribution in [0.15, 0.2) is 0 Å². The van der Waals surface area contributed by atoms with Crippen molar-refractivity contribution in [2.75, 3.05) is 6.54 Å². The molecule has 1 aliphatic heterocycles. The van der Waals surface area contributed by atoms with Crippen LogP contribution in [0.3, 0.4) is 0 Å². The minimum atomic E-state index is -0.497. The second-order valence-electron chi connectivity index (χ2n) is 5.29. The molecule has 0 aromatic carbocycles. The lowest BCUT2D eigenvalue weighted by Crippen LogP contribution is -2.39. The molecular weight excluding hydrogens is 232 g/mol. The minimum absolute atomic E-state index is 0.332. The van der Waals surface area contributed by atoms with Gasteiger partial charge in [-0.2, -0.15) is 10.4 Å². The quantitative estimate of drug-likeness (QED) is 0.755. The van der Waals surface area contributed by atoms with Crippen LogP contribution in [0.2, 0.25) is 0 Å². The van der Waals surface area contributed by atoms with Crippen LogP contribution in [0.4, 0.5) is 4.79 Å². The molecule has 0 bridgehead atoms. The molecule has 2 rings (SSSR count). The number of aromatic amines is 1. The second kappa shape index (κ2) is 4.33.